The lowest BCUT2D eigenvalue weighted by molar-refractivity contribution is -0.143. The predicted octanol–water partition coefficient (Wildman–Crippen LogP) is 3.53. The van der Waals surface area contributed by atoms with Gasteiger partial charge in [-0.15, -0.1) is 0 Å². The molecule has 0 aliphatic heterocycles. The number of hydrogen-bond donors (Lipinski definition) is 1. The molecule has 1 N–H and O–H groups in total. The van der Waals surface area contributed by atoms with Gasteiger partial charge < -0.3 is 9.84 Å². The molecular weight excluding hydrogens is 254 g/mol. The number of carbonyl (C=O) groups is 1. The van der Waals surface area contributed by atoms with Crippen molar-refractivity contribution in [1.82, 2.24) is 0 Å². The largest absolute Gasteiger partial charge is 0.496 e. The fraction of sp³-hybridized carbons (Fsp3) is 0.500. The second-order valence-corrected chi connectivity index (χ2v) is 4.85. The Labute approximate surface area is 110 Å². The van der Waals surface area contributed by atoms with E-state index >= 15 is 0 Å². The van der Waals surface area contributed by atoms with E-state index in [1.54, 1.807) is 0 Å². The minimum Gasteiger partial charge on any atom is -0.496 e. The Bertz CT molecular complexity index is 480. The van der Waals surface area contributed by atoms with Crippen LogP contribution < -0.4 is 4.74 Å². The zero-order valence-corrected chi connectivity index (χ0v) is 10.7. The van der Waals surface area contributed by atoms with E-state index in [0.29, 0.717) is 24.2 Å². The van der Waals surface area contributed by atoms with Gasteiger partial charge in [0, 0.05) is 11.1 Å². The Morgan fingerprint density at radius 2 is 2.00 bits per heavy atom. The first-order valence-electron chi connectivity index (χ1n) is 6.21. The van der Waals surface area contributed by atoms with Crippen molar-refractivity contribution in [2.24, 2.45) is 0 Å². The van der Waals surface area contributed by atoms with Crippen molar-refractivity contribution >= 4 is 5.97 Å². The van der Waals surface area contributed by atoms with E-state index < -0.39 is 17.8 Å². The first-order valence-corrected chi connectivity index (χ1v) is 6.21. The van der Waals surface area contributed by atoms with E-state index in [9.17, 15) is 18.7 Å². The topological polar surface area (TPSA) is 46.5 Å². The highest BCUT2D eigenvalue weighted by Gasteiger charge is 2.45. The normalized spacial score (nSPS) is 17.7. The fourth-order valence-corrected chi connectivity index (χ4v) is 2.81. The highest BCUT2D eigenvalue weighted by Crippen LogP contribution is 2.45. The van der Waals surface area contributed by atoms with Crippen molar-refractivity contribution < 1.29 is 23.4 Å². The van der Waals surface area contributed by atoms with Gasteiger partial charge in [0.1, 0.15) is 5.75 Å². The summed E-state index contributed by atoms with van der Waals surface area (Å²) >= 11 is 0. The number of carboxylic acids is 1. The van der Waals surface area contributed by atoms with Gasteiger partial charge in [0.05, 0.1) is 12.5 Å². The van der Waals surface area contributed by atoms with Crippen LogP contribution in [-0.2, 0) is 10.2 Å². The average Bonchev–Trinajstić information content (AvgIpc) is 2.88. The summed E-state index contributed by atoms with van der Waals surface area (Å²) in [6, 6.07) is 3.99. The van der Waals surface area contributed by atoms with Gasteiger partial charge in [0.15, 0.2) is 0 Å². The Kier molecular flexibility index (Phi) is 3.73. The van der Waals surface area contributed by atoms with Crippen LogP contribution in [0.3, 0.4) is 0 Å². The molecule has 1 saturated carbocycles. The van der Waals surface area contributed by atoms with Crippen molar-refractivity contribution in [3.05, 3.63) is 29.3 Å². The Hall–Kier alpha value is -1.65. The molecule has 0 atom stereocenters. The molecule has 1 fully saturated rings. The average molecular weight is 270 g/mol. The van der Waals surface area contributed by atoms with Crippen molar-refractivity contribution in [3.8, 4) is 5.75 Å². The first kappa shape index (κ1) is 13.8. The van der Waals surface area contributed by atoms with Gasteiger partial charge in [-0.2, -0.15) is 0 Å². The molecule has 3 nitrogen and oxygen atoms in total. The first-order chi connectivity index (χ1) is 9.01. The summed E-state index contributed by atoms with van der Waals surface area (Å²) in [6.07, 6.45) is -0.114. The third-order valence-corrected chi connectivity index (χ3v) is 3.86. The van der Waals surface area contributed by atoms with Gasteiger partial charge in [-0.3, -0.25) is 4.79 Å². The van der Waals surface area contributed by atoms with E-state index in [1.165, 1.54) is 25.3 Å². The molecule has 104 valence electrons. The smallest absolute Gasteiger partial charge is 0.314 e. The summed E-state index contributed by atoms with van der Waals surface area (Å²) in [4.78, 5) is 11.6. The molecule has 2 rings (SSSR count). The number of carboxylic acid groups (broad SMARTS) is 1. The zero-order chi connectivity index (χ0) is 14.0. The minimum absolute atomic E-state index is 0.164. The van der Waals surface area contributed by atoms with Gasteiger partial charge in [-0.1, -0.05) is 12.8 Å². The molecule has 1 aliphatic rings. The van der Waals surface area contributed by atoms with Gasteiger partial charge >= 0.3 is 5.97 Å². The summed E-state index contributed by atoms with van der Waals surface area (Å²) in [6.45, 7) is 0. The van der Waals surface area contributed by atoms with Crippen molar-refractivity contribution in [3.63, 3.8) is 0 Å². The maximum absolute atomic E-state index is 12.8. The van der Waals surface area contributed by atoms with E-state index in [4.69, 9.17) is 4.74 Å². The van der Waals surface area contributed by atoms with Gasteiger partial charge in [0.25, 0.3) is 6.43 Å². The SMILES string of the molecule is COc1ccc(C(F)F)cc1C1(C(=O)O)CCCC1. The van der Waals surface area contributed by atoms with E-state index in [0.717, 1.165) is 12.8 Å². The lowest BCUT2D eigenvalue weighted by atomic mass is 9.78. The predicted molar refractivity (Wildman–Crippen MR) is 65.7 cm³/mol. The Balaban J connectivity index is 2.57. The maximum Gasteiger partial charge on any atom is 0.314 e. The van der Waals surface area contributed by atoms with E-state index in [2.05, 4.69) is 0 Å². The molecule has 1 aliphatic carbocycles. The van der Waals surface area contributed by atoms with Crippen molar-refractivity contribution in [1.29, 1.82) is 0 Å². The molecule has 19 heavy (non-hydrogen) atoms. The van der Waals surface area contributed by atoms with Crippen LogP contribution in [-0.4, -0.2) is 18.2 Å². The molecule has 0 saturated heterocycles. The van der Waals surface area contributed by atoms with Crippen LogP contribution in [0.5, 0.6) is 5.75 Å². The van der Waals surface area contributed by atoms with Crippen LogP contribution in [0.4, 0.5) is 8.78 Å². The number of rotatable bonds is 4. The van der Waals surface area contributed by atoms with Gasteiger partial charge in [-0.05, 0) is 31.0 Å². The summed E-state index contributed by atoms with van der Waals surface area (Å²) in [5.74, 6) is -0.594. The lowest BCUT2D eigenvalue weighted by Gasteiger charge is -2.26. The van der Waals surface area contributed by atoms with Crippen molar-refractivity contribution in [2.75, 3.05) is 7.11 Å². The quantitative estimate of drug-likeness (QED) is 0.910. The van der Waals surface area contributed by atoms with Crippen LogP contribution in [0.25, 0.3) is 0 Å². The summed E-state index contributed by atoms with van der Waals surface area (Å²) < 4.78 is 30.8. The number of benzene rings is 1. The second kappa shape index (κ2) is 5.15. The fourth-order valence-electron chi connectivity index (χ4n) is 2.81. The molecule has 0 bridgehead atoms. The third-order valence-electron chi connectivity index (χ3n) is 3.86. The molecule has 5 heteroatoms. The molecule has 0 unspecified atom stereocenters. The van der Waals surface area contributed by atoms with Gasteiger partial charge in [0.2, 0.25) is 0 Å². The molecule has 0 spiro atoms. The standard InChI is InChI=1S/C14H16F2O3/c1-19-11-5-4-9(12(15)16)8-10(11)14(13(17)18)6-2-3-7-14/h4-5,8,12H,2-3,6-7H2,1H3,(H,17,18). The van der Waals surface area contributed by atoms with Crippen molar-refractivity contribution in [2.45, 2.75) is 37.5 Å². The van der Waals surface area contributed by atoms with Crippen LogP contribution in [0.15, 0.2) is 18.2 Å². The summed E-state index contributed by atoms with van der Waals surface area (Å²) in [7, 11) is 1.42. The number of ether oxygens (including phenoxy) is 1. The van der Waals surface area contributed by atoms with Gasteiger partial charge in [-0.25, -0.2) is 8.78 Å². The lowest BCUT2D eigenvalue weighted by Crippen LogP contribution is -2.33. The molecule has 1 aromatic rings. The minimum atomic E-state index is -2.61. The zero-order valence-electron chi connectivity index (χ0n) is 10.7. The number of halogens is 2. The van der Waals surface area contributed by atoms with Crippen LogP contribution in [0.1, 0.15) is 43.2 Å². The molecular formula is C14H16F2O3. The number of aliphatic carboxylic acids is 1. The highest BCUT2D eigenvalue weighted by molar-refractivity contribution is 5.83. The third kappa shape index (κ3) is 2.29. The number of hydrogen-bond acceptors (Lipinski definition) is 2. The number of alkyl halides is 2. The monoisotopic (exact) mass is 270 g/mol. The Morgan fingerprint density at radius 1 is 1.37 bits per heavy atom. The Morgan fingerprint density at radius 3 is 2.47 bits per heavy atom. The molecule has 0 heterocycles. The van der Waals surface area contributed by atoms with E-state index in [1.807, 2.05) is 0 Å². The molecule has 0 radical (unpaired) electrons. The van der Waals surface area contributed by atoms with Crippen LogP contribution >= 0.6 is 0 Å². The molecule has 0 aromatic heterocycles. The molecule has 0 amide bonds. The summed E-state index contributed by atoms with van der Waals surface area (Å²) in [5, 5.41) is 9.52. The van der Waals surface area contributed by atoms with Crippen LogP contribution in [0.2, 0.25) is 0 Å². The second-order valence-electron chi connectivity index (χ2n) is 4.85. The van der Waals surface area contributed by atoms with E-state index in [-0.39, 0.29) is 5.56 Å². The highest BCUT2D eigenvalue weighted by atomic mass is 19.3. The summed E-state index contributed by atoms with van der Waals surface area (Å²) in [5.41, 5.74) is -0.878. The molecule has 1 aromatic carbocycles. The van der Waals surface area contributed by atoms with Crippen LogP contribution in [0, 0.1) is 0 Å². The maximum atomic E-state index is 12.8. The number of methoxy groups -OCH3 is 1.